The Bertz CT molecular complexity index is 877. The molecule has 10 heteroatoms. The molecule has 3 rings (SSSR count). The molecule has 3 N–H and O–H groups in total. The molecule has 1 saturated heterocycles. The Kier molecular flexibility index (Phi) is 7.99. The van der Waals surface area contributed by atoms with Crippen LogP contribution in [0.2, 0.25) is 0 Å². The number of sulfonamides is 1. The van der Waals surface area contributed by atoms with Crippen LogP contribution in [0.4, 0.5) is 0 Å². The van der Waals surface area contributed by atoms with Crippen LogP contribution in [0.15, 0.2) is 41.4 Å². The van der Waals surface area contributed by atoms with E-state index >= 15 is 0 Å². The molecule has 0 spiro atoms. The molecule has 1 aromatic carbocycles. The number of benzene rings is 1. The van der Waals surface area contributed by atoms with Crippen molar-refractivity contribution in [1.82, 2.24) is 25.1 Å². The molecule has 154 valence electrons. The molecule has 1 aliphatic heterocycles. The van der Waals surface area contributed by atoms with Crippen molar-refractivity contribution in [2.75, 3.05) is 19.6 Å². The van der Waals surface area contributed by atoms with Gasteiger partial charge in [0.15, 0.2) is 0 Å². The second kappa shape index (κ2) is 10.0. The second-order valence-electron chi connectivity index (χ2n) is 6.51. The maximum atomic E-state index is 12.3. The molecule has 1 amide bonds. The molecule has 8 nitrogen and oxygen atoms in total. The minimum atomic E-state index is -3.46. The third-order valence-electron chi connectivity index (χ3n) is 4.51. The summed E-state index contributed by atoms with van der Waals surface area (Å²) < 4.78 is 28.2. The fourth-order valence-corrected chi connectivity index (χ4v) is 4.10. The average Bonchev–Trinajstić information content (AvgIpc) is 3.17. The third kappa shape index (κ3) is 5.54. The Labute approximate surface area is 171 Å². The van der Waals surface area contributed by atoms with Gasteiger partial charge in [-0.2, -0.15) is 5.10 Å². The van der Waals surface area contributed by atoms with Gasteiger partial charge >= 0.3 is 0 Å². The Morgan fingerprint density at radius 1 is 1.29 bits per heavy atom. The van der Waals surface area contributed by atoms with Crippen molar-refractivity contribution in [1.29, 1.82) is 0 Å². The summed E-state index contributed by atoms with van der Waals surface area (Å²) in [6, 6.07) is 8.45. The third-order valence-corrected chi connectivity index (χ3v) is 6.07. The summed E-state index contributed by atoms with van der Waals surface area (Å²) in [5, 5.41) is 10.5. The van der Waals surface area contributed by atoms with Gasteiger partial charge in [-0.05, 0) is 43.1 Å². The number of nitrogens with one attached hydrogen (secondary N) is 3. The van der Waals surface area contributed by atoms with Crippen LogP contribution in [0.25, 0.3) is 0 Å². The number of halogens is 1. The highest BCUT2D eigenvalue weighted by molar-refractivity contribution is 7.89. The Morgan fingerprint density at radius 3 is 2.68 bits per heavy atom. The van der Waals surface area contributed by atoms with Gasteiger partial charge in [0.05, 0.1) is 10.9 Å². The van der Waals surface area contributed by atoms with Crippen LogP contribution in [0.5, 0.6) is 0 Å². The van der Waals surface area contributed by atoms with Crippen molar-refractivity contribution in [2.24, 2.45) is 0 Å². The molecule has 0 saturated carbocycles. The van der Waals surface area contributed by atoms with E-state index in [4.69, 9.17) is 0 Å². The standard InChI is InChI=1S/C18H25N5O3S.ClH/c1-2-21-27(25,26)16-7-5-14(6-8-16)12-20-18(24)17-9-11-23(22-17)15-4-3-10-19-13-15;/h5-9,11,15,19,21H,2-4,10,12-13H2,1H3,(H,20,24);1H. The van der Waals surface area contributed by atoms with Crippen LogP contribution in [-0.2, 0) is 16.6 Å². The van der Waals surface area contributed by atoms with Gasteiger partial charge in [0, 0.05) is 25.8 Å². The quantitative estimate of drug-likeness (QED) is 0.620. The smallest absolute Gasteiger partial charge is 0.272 e. The topological polar surface area (TPSA) is 105 Å². The summed E-state index contributed by atoms with van der Waals surface area (Å²) in [6.45, 7) is 4.26. The number of hydrogen-bond acceptors (Lipinski definition) is 5. The monoisotopic (exact) mass is 427 g/mol. The predicted octanol–water partition coefficient (Wildman–Crippen LogP) is 1.46. The summed E-state index contributed by atoms with van der Waals surface area (Å²) in [5.74, 6) is -0.248. The van der Waals surface area contributed by atoms with Gasteiger partial charge < -0.3 is 10.6 Å². The molecule has 1 unspecified atom stereocenters. The number of rotatable bonds is 7. The molecular weight excluding hydrogens is 402 g/mol. The van der Waals surface area contributed by atoms with Gasteiger partial charge in [0.25, 0.3) is 5.91 Å². The van der Waals surface area contributed by atoms with Crippen molar-refractivity contribution < 1.29 is 13.2 Å². The molecule has 1 fully saturated rings. The van der Waals surface area contributed by atoms with Gasteiger partial charge in [-0.25, -0.2) is 13.1 Å². The van der Waals surface area contributed by atoms with Gasteiger partial charge in [0.1, 0.15) is 5.69 Å². The van der Waals surface area contributed by atoms with Crippen LogP contribution in [0.3, 0.4) is 0 Å². The lowest BCUT2D eigenvalue weighted by atomic mass is 10.1. The first kappa shape index (κ1) is 22.4. The predicted molar refractivity (Wildman–Crippen MR) is 109 cm³/mol. The molecule has 1 aromatic heterocycles. The van der Waals surface area contributed by atoms with E-state index in [9.17, 15) is 13.2 Å². The number of hydrogen-bond donors (Lipinski definition) is 3. The van der Waals surface area contributed by atoms with Gasteiger partial charge in [0.2, 0.25) is 10.0 Å². The fraction of sp³-hybridized carbons (Fsp3) is 0.444. The van der Waals surface area contributed by atoms with E-state index in [1.165, 1.54) is 12.1 Å². The van der Waals surface area contributed by atoms with Crippen LogP contribution in [-0.4, -0.2) is 43.7 Å². The summed E-state index contributed by atoms with van der Waals surface area (Å²) in [7, 11) is -3.46. The largest absolute Gasteiger partial charge is 0.347 e. The molecule has 0 bridgehead atoms. The van der Waals surface area contributed by atoms with E-state index < -0.39 is 10.0 Å². The van der Waals surface area contributed by atoms with Crippen molar-refractivity contribution in [3.8, 4) is 0 Å². The van der Waals surface area contributed by atoms with Crippen molar-refractivity contribution in [3.05, 3.63) is 47.8 Å². The summed E-state index contributed by atoms with van der Waals surface area (Å²) in [5.41, 5.74) is 1.20. The minimum absolute atomic E-state index is 0. The number of piperidine rings is 1. The first-order chi connectivity index (χ1) is 13.0. The SMILES string of the molecule is CCNS(=O)(=O)c1ccc(CNC(=O)c2ccn(C3CCCNC3)n2)cc1.Cl. The molecule has 2 heterocycles. The lowest BCUT2D eigenvalue weighted by molar-refractivity contribution is 0.0944. The van der Waals surface area contributed by atoms with Crippen molar-refractivity contribution in [3.63, 3.8) is 0 Å². The maximum absolute atomic E-state index is 12.3. The fourth-order valence-electron chi connectivity index (χ4n) is 3.05. The molecule has 1 aliphatic rings. The highest BCUT2D eigenvalue weighted by Crippen LogP contribution is 2.16. The first-order valence-electron chi connectivity index (χ1n) is 9.12. The van der Waals surface area contributed by atoms with Crippen LogP contribution >= 0.6 is 12.4 Å². The van der Waals surface area contributed by atoms with E-state index in [-0.39, 0.29) is 29.3 Å². The molecule has 1 atom stereocenters. The Morgan fingerprint density at radius 2 is 2.04 bits per heavy atom. The number of carbonyl (C=O) groups excluding carboxylic acids is 1. The Hall–Kier alpha value is -1.94. The van der Waals surface area contributed by atoms with E-state index in [2.05, 4.69) is 20.5 Å². The summed E-state index contributed by atoms with van der Waals surface area (Å²) >= 11 is 0. The molecule has 2 aromatic rings. The van der Waals surface area contributed by atoms with E-state index in [0.29, 0.717) is 18.8 Å². The number of carbonyl (C=O) groups is 1. The summed E-state index contributed by atoms with van der Waals surface area (Å²) in [6.07, 6.45) is 4.00. The molecule has 0 radical (unpaired) electrons. The zero-order valence-corrected chi connectivity index (χ0v) is 17.4. The van der Waals surface area contributed by atoms with Crippen molar-refractivity contribution in [2.45, 2.75) is 37.2 Å². The molecule has 28 heavy (non-hydrogen) atoms. The Balaban J connectivity index is 0.00000280. The lowest BCUT2D eigenvalue weighted by Crippen LogP contribution is -2.32. The van der Waals surface area contributed by atoms with E-state index in [1.807, 2.05) is 10.9 Å². The van der Waals surface area contributed by atoms with Gasteiger partial charge in [-0.1, -0.05) is 19.1 Å². The number of nitrogens with zero attached hydrogens (tertiary/aromatic N) is 2. The van der Waals surface area contributed by atoms with Gasteiger partial charge in [-0.3, -0.25) is 9.48 Å². The minimum Gasteiger partial charge on any atom is -0.347 e. The highest BCUT2D eigenvalue weighted by atomic mass is 35.5. The average molecular weight is 428 g/mol. The van der Waals surface area contributed by atoms with Crippen LogP contribution in [0, 0.1) is 0 Å². The second-order valence-corrected chi connectivity index (χ2v) is 8.28. The van der Waals surface area contributed by atoms with E-state index in [1.54, 1.807) is 25.1 Å². The zero-order chi connectivity index (χ0) is 19.3. The number of aromatic nitrogens is 2. The van der Waals surface area contributed by atoms with Crippen molar-refractivity contribution >= 4 is 28.3 Å². The number of amides is 1. The first-order valence-corrected chi connectivity index (χ1v) is 10.6. The lowest BCUT2D eigenvalue weighted by Gasteiger charge is -2.22. The van der Waals surface area contributed by atoms with Crippen LogP contribution in [0.1, 0.15) is 41.9 Å². The van der Waals surface area contributed by atoms with Gasteiger partial charge in [-0.15, -0.1) is 12.4 Å². The zero-order valence-electron chi connectivity index (χ0n) is 15.7. The highest BCUT2D eigenvalue weighted by Gasteiger charge is 2.18. The van der Waals surface area contributed by atoms with Crippen LogP contribution < -0.4 is 15.4 Å². The molecular formula is C18H26ClN5O3S. The molecule has 0 aliphatic carbocycles. The van der Waals surface area contributed by atoms with E-state index in [0.717, 1.165) is 31.5 Å². The normalized spacial score (nSPS) is 17.0. The summed E-state index contributed by atoms with van der Waals surface area (Å²) in [4.78, 5) is 12.5. The maximum Gasteiger partial charge on any atom is 0.272 e.